The zero-order valence-corrected chi connectivity index (χ0v) is 11.1. The lowest BCUT2D eigenvalue weighted by atomic mass is 9.82. The molecule has 0 aromatic carbocycles. The second-order valence-electron chi connectivity index (χ2n) is 4.85. The van der Waals surface area contributed by atoms with Gasteiger partial charge in [0.2, 0.25) is 0 Å². The summed E-state index contributed by atoms with van der Waals surface area (Å²) in [7, 11) is 0. The standard InChI is InChI=1S/C13H22N2S/c1-3-11-6-4-5-7-12(11)15-10(2)13-8-14-9-16-13/h8-12,15H,3-7H2,1-2H3. The molecule has 1 aromatic heterocycles. The van der Waals surface area contributed by atoms with Crippen LogP contribution in [0.15, 0.2) is 11.7 Å². The van der Waals surface area contributed by atoms with E-state index in [1.165, 1.54) is 37.0 Å². The van der Waals surface area contributed by atoms with Crippen LogP contribution in [0.25, 0.3) is 0 Å². The highest BCUT2D eigenvalue weighted by Gasteiger charge is 2.25. The molecule has 2 nitrogen and oxygen atoms in total. The van der Waals surface area contributed by atoms with Crippen LogP contribution in [0.2, 0.25) is 0 Å². The van der Waals surface area contributed by atoms with Gasteiger partial charge >= 0.3 is 0 Å². The quantitative estimate of drug-likeness (QED) is 0.864. The summed E-state index contributed by atoms with van der Waals surface area (Å²) >= 11 is 1.75. The summed E-state index contributed by atoms with van der Waals surface area (Å²) < 4.78 is 0. The minimum Gasteiger partial charge on any atom is -0.306 e. The van der Waals surface area contributed by atoms with Crippen molar-refractivity contribution in [2.75, 3.05) is 0 Å². The third kappa shape index (κ3) is 2.83. The predicted octanol–water partition coefficient (Wildman–Crippen LogP) is 3.76. The molecule has 0 amide bonds. The number of hydrogen-bond acceptors (Lipinski definition) is 3. The van der Waals surface area contributed by atoms with Gasteiger partial charge in [0.1, 0.15) is 0 Å². The van der Waals surface area contributed by atoms with Gasteiger partial charge < -0.3 is 5.32 Å². The van der Waals surface area contributed by atoms with Gasteiger partial charge in [0.25, 0.3) is 0 Å². The highest BCUT2D eigenvalue weighted by Crippen LogP contribution is 2.29. The van der Waals surface area contributed by atoms with E-state index in [-0.39, 0.29) is 0 Å². The Balaban J connectivity index is 1.92. The molecule has 0 bridgehead atoms. The molecule has 0 aliphatic heterocycles. The van der Waals surface area contributed by atoms with E-state index in [1.807, 2.05) is 11.7 Å². The maximum Gasteiger partial charge on any atom is 0.0794 e. The fourth-order valence-electron chi connectivity index (χ4n) is 2.76. The first-order valence-electron chi connectivity index (χ1n) is 6.45. The fourth-order valence-corrected chi connectivity index (χ4v) is 3.40. The van der Waals surface area contributed by atoms with Crippen molar-refractivity contribution in [1.29, 1.82) is 0 Å². The van der Waals surface area contributed by atoms with Crippen LogP contribution < -0.4 is 5.32 Å². The van der Waals surface area contributed by atoms with Crippen LogP contribution in [0.4, 0.5) is 0 Å². The zero-order valence-electron chi connectivity index (χ0n) is 10.3. The second-order valence-corrected chi connectivity index (χ2v) is 5.77. The van der Waals surface area contributed by atoms with Crippen molar-refractivity contribution in [3.05, 3.63) is 16.6 Å². The largest absolute Gasteiger partial charge is 0.306 e. The van der Waals surface area contributed by atoms with Crippen molar-refractivity contribution >= 4 is 11.3 Å². The van der Waals surface area contributed by atoms with Gasteiger partial charge in [-0.15, -0.1) is 11.3 Å². The van der Waals surface area contributed by atoms with Crippen LogP contribution in [0.3, 0.4) is 0 Å². The minimum atomic E-state index is 0.463. The zero-order chi connectivity index (χ0) is 11.4. The molecule has 0 saturated heterocycles. The van der Waals surface area contributed by atoms with Crippen LogP contribution in [-0.4, -0.2) is 11.0 Å². The number of thiazole rings is 1. The van der Waals surface area contributed by atoms with Crippen molar-refractivity contribution in [3.63, 3.8) is 0 Å². The molecule has 1 aliphatic carbocycles. The van der Waals surface area contributed by atoms with E-state index in [4.69, 9.17) is 0 Å². The Morgan fingerprint density at radius 1 is 1.50 bits per heavy atom. The first-order valence-corrected chi connectivity index (χ1v) is 7.33. The Labute approximate surface area is 102 Å². The van der Waals surface area contributed by atoms with Crippen LogP contribution in [0, 0.1) is 5.92 Å². The summed E-state index contributed by atoms with van der Waals surface area (Å²) in [5.41, 5.74) is 1.92. The fraction of sp³-hybridized carbons (Fsp3) is 0.769. The number of rotatable bonds is 4. The number of aromatic nitrogens is 1. The lowest BCUT2D eigenvalue weighted by molar-refractivity contribution is 0.241. The van der Waals surface area contributed by atoms with Crippen LogP contribution >= 0.6 is 11.3 Å². The van der Waals surface area contributed by atoms with Crippen molar-refractivity contribution < 1.29 is 0 Å². The Bertz CT molecular complexity index is 297. The first kappa shape index (κ1) is 12.1. The third-order valence-electron chi connectivity index (χ3n) is 3.78. The van der Waals surface area contributed by atoms with E-state index in [0.717, 1.165) is 12.0 Å². The van der Waals surface area contributed by atoms with Gasteiger partial charge in [-0.2, -0.15) is 0 Å². The molecular formula is C13H22N2S. The lowest BCUT2D eigenvalue weighted by Crippen LogP contribution is -2.39. The molecule has 1 N–H and O–H groups in total. The molecule has 2 rings (SSSR count). The van der Waals surface area contributed by atoms with Gasteiger partial charge in [-0.3, -0.25) is 4.98 Å². The van der Waals surface area contributed by atoms with Gasteiger partial charge in [-0.25, -0.2) is 0 Å². The van der Waals surface area contributed by atoms with E-state index < -0.39 is 0 Å². The number of nitrogens with one attached hydrogen (secondary N) is 1. The average molecular weight is 238 g/mol. The molecule has 1 heterocycles. The topological polar surface area (TPSA) is 24.9 Å². The maximum atomic E-state index is 4.15. The first-order chi connectivity index (χ1) is 7.81. The summed E-state index contributed by atoms with van der Waals surface area (Å²) in [5, 5.41) is 3.79. The summed E-state index contributed by atoms with van der Waals surface area (Å²) in [6.07, 6.45) is 8.87. The highest BCUT2D eigenvalue weighted by atomic mass is 32.1. The van der Waals surface area contributed by atoms with Crippen LogP contribution in [0.1, 0.15) is 56.9 Å². The predicted molar refractivity (Wildman–Crippen MR) is 69.7 cm³/mol. The van der Waals surface area contributed by atoms with Gasteiger partial charge in [0, 0.05) is 23.2 Å². The van der Waals surface area contributed by atoms with E-state index in [2.05, 4.69) is 24.1 Å². The van der Waals surface area contributed by atoms with Gasteiger partial charge in [-0.05, 0) is 25.7 Å². The minimum absolute atomic E-state index is 0.463. The molecule has 1 saturated carbocycles. The number of hydrogen-bond donors (Lipinski definition) is 1. The summed E-state index contributed by atoms with van der Waals surface area (Å²) in [4.78, 5) is 5.52. The van der Waals surface area contributed by atoms with E-state index in [0.29, 0.717) is 6.04 Å². The second kappa shape index (κ2) is 5.78. The summed E-state index contributed by atoms with van der Waals surface area (Å²) in [6, 6.07) is 1.18. The van der Waals surface area contributed by atoms with Gasteiger partial charge in [0.05, 0.1) is 5.51 Å². The third-order valence-corrected chi connectivity index (χ3v) is 4.73. The molecule has 0 spiro atoms. The smallest absolute Gasteiger partial charge is 0.0794 e. The monoisotopic (exact) mass is 238 g/mol. The van der Waals surface area contributed by atoms with Crippen molar-refractivity contribution in [1.82, 2.24) is 10.3 Å². The van der Waals surface area contributed by atoms with Gasteiger partial charge in [0.15, 0.2) is 0 Å². The average Bonchev–Trinajstić information content (AvgIpc) is 2.83. The molecule has 0 radical (unpaired) electrons. The van der Waals surface area contributed by atoms with Crippen molar-refractivity contribution in [3.8, 4) is 0 Å². The maximum absolute atomic E-state index is 4.15. The van der Waals surface area contributed by atoms with Gasteiger partial charge in [-0.1, -0.05) is 26.2 Å². The molecule has 3 atom stereocenters. The molecule has 3 unspecified atom stereocenters. The lowest BCUT2D eigenvalue weighted by Gasteiger charge is -2.33. The Kier molecular flexibility index (Phi) is 4.36. The molecule has 3 heteroatoms. The summed E-state index contributed by atoms with van der Waals surface area (Å²) in [5.74, 6) is 0.879. The highest BCUT2D eigenvalue weighted by molar-refractivity contribution is 7.09. The molecule has 1 aromatic rings. The van der Waals surface area contributed by atoms with Crippen molar-refractivity contribution in [2.24, 2.45) is 5.92 Å². The van der Waals surface area contributed by atoms with Crippen molar-refractivity contribution in [2.45, 2.75) is 58.0 Å². The van der Waals surface area contributed by atoms with E-state index >= 15 is 0 Å². The number of nitrogens with zero attached hydrogens (tertiary/aromatic N) is 1. The Hall–Kier alpha value is -0.410. The molecule has 1 aliphatic rings. The molecular weight excluding hydrogens is 216 g/mol. The van der Waals surface area contributed by atoms with Crippen LogP contribution in [-0.2, 0) is 0 Å². The van der Waals surface area contributed by atoms with E-state index in [9.17, 15) is 0 Å². The van der Waals surface area contributed by atoms with Crippen LogP contribution in [0.5, 0.6) is 0 Å². The molecule has 1 fully saturated rings. The Morgan fingerprint density at radius 3 is 3.00 bits per heavy atom. The Morgan fingerprint density at radius 2 is 2.31 bits per heavy atom. The normalized spacial score (nSPS) is 27.9. The molecule has 90 valence electrons. The summed E-state index contributed by atoms with van der Waals surface area (Å²) in [6.45, 7) is 4.58. The van der Waals surface area contributed by atoms with E-state index in [1.54, 1.807) is 11.3 Å². The SMILES string of the molecule is CCC1CCCCC1NC(C)c1cncs1. The molecule has 16 heavy (non-hydrogen) atoms.